The number of hydrogen-bond donors (Lipinski definition) is 1. The second kappa shape index (κ2) is 10.9. The molecule has 0 aromatic heterocycles. The highest BCUT2D eigenvalue weighted by molar-refractivity contribution is 8.27. The van der Waals surface area contributed by atoms with Crippen LogP contribution in [0.15, 0.2) is 64.2 Å². The van der Waals surface area contributed by atoms with Crippen molar-refractivity contribution in [2.75, 3.05) is 13.2 Å². The van der Waals surface area contributed by atoms with E-state index in [9.17, 15) is 4.79 Å². The maximum Gasteiger partial charge on any atom is 0.283 e. The molecule has 2 aromatic rings. The van der Waals surface area contributed by atoms with E-state index in [1.54, 1.807) is 18.2 Å². The average Bonchev–Trinajstić information content (AvgIpc) is 3.26. The summed E-state index contributed by atoms with van der Waals surface area (Å²) in [6.45, 7) is 4.93. The average molecular weight is 497 g/mol. The highest BCUT2D eigenvalue weighted by Gasteiger charge is 2.37. The number of hydrogen-bond acceptors (Lipinski definition) is 6. The molecule has 0 saturated carbocycles. The second-order valence-corrected chi connectivity index (χ2v) is 9.06. The third kappa shape index (κ3) is 5.34. The van der Waals surface area contributed by atoms with E-state index in [-0.39, 0.29) is 11.4 Å². The molecule has 34 heavy (non-hydrogen) atoms. The maximum atomic E-state index is 12.6. The summed E-state index contributed by atoms with van der Waals surface area (Å²) in [7, 11) is 0. The number of para-hydroxylation sites is 1. The lowest BCUT2D eigenvalue weighted by atomic mass is 10.1. The number of amidine groups is 2. The monoisotopic (exact) mass is 496 g/mol. The second-order valence-electron chi connectivity index (χ2n) is 7.67. The van der Waals surface area contributed by atoms with E-state index in [2.05, 4.69) is 23.9 Å². The van der Waals surface area contributed by atoms with Crippen LogP contribution in [0, 0.1) is 11.3 Å². The predicted octanol–water partition coefficient (Wildman–Crippen LogP) is 5.85. The number of ether oxygens (including phenoxy) is 2. The van der Waals surface area contributed by atoms with Crippen molar-refractivity contribution in [1.82, 2.24) is 5.01 Å². The fourth-order valence-corrected chi connectivity index (χ4v) is 4.86. The van der Waals surface area contributed by atoms with Crippen molar-refractivity contribution in [3.05, 3.63) is 64.7 Å². The summed E-state index contributed by atoms with van der Waals surface area (Å²) in [4.78, 5) is 16.8. The van der Waals surface area contributed by atoms with Gasteiger partial charge in [0.15, 0.2) is 5.84 Å². The Bertz CT molecular complexity index is 1170. The Hall–Kier alpha value is -3.10. The number of fused-ring (bicyclic) bond motifs is 1. The molecule has 1 N–H and O–H groups in total. The smallest absolute Gasteiger partial charge is 0.283 e. The van der Waals surface area contributed by atoms with Gasteiger partial charge in [-0.3, -0.25) is 10.2 Å². The van der Waals surface area contributed by atoms with Crippen LogP contribution < -0.4 is 9.47 Å². The SMILES string of the molecule is CCC(CC)C1=NN2C(=N)C(=Cc3ccc(OCCOc4ccccc4Cl)cc3)C(=O)N=C2S1. The number of halogens is 1. The Kier molecular flexibility index (Phi) is 7.70. The van der Waals surface area contributed by atoms with Gasteiger partial charge < -0.3 is 9.47 Å². The maximum absolute atomic E-state index is 12.6. The lowest BCUT2D eigenvalue weighted by Gasteiger charge is -2.20. The lowest BCUT2D eigenvalue weighted by Crippen LogP contribution is -2.35. The number of carbonyl (C=O) groups excluding carboxylic acids is 1. The fraction of sp³-hybridized carbons (Fsp3) is 0.280. The topological polar surface area (TPSA) is 87.3 Å². The van der Waals surface area contributed by atoms with Crippen molar-refractivity contribution in [3.63, 3.8) is 0 Å². The van der Waals surface area contributed by atoms with E-state index in [1.165, 1.54) is 16.8 Å². The minimum absolute atomic E-state index is 0.0421. The van der Waals surface area contributed by atoms with Gasteiger partial charge in [0.05, 0.1) is 10.6 Å². The first-order chi connectivity index (χ1) is 16.5. The molecule has 9 heteroatoms. The van der Waals surface area contributed by atoms with E-state index < -0.39 is 5.91 Å². The molecule has 0 radical (unpaired) electrons. The quantitative estimate of drug-likeness (QED) is 0.347. The third-order valence-corrected chi connectivity index (χ3v) is 6.83. The third-order valence-electron chi connectivity index (χ3n) is 5.44. The van der Waals surface area contributed by atoms with Crippen molar-refractivity contribution in [2.45, 2.75) is 26.7 Å². The zero-order chi connectivity index (χ0) is 24.1. The van der Waals surface area contributed by atoms with Crippen molar-refractivity contribution < 1.29 is 14.3 Å². The summed E-state index contributed by atoms with van der Waals surface area (Å²) >= 11 is 7.45. The van der Waals surface area contributed by atoms with Crippen molar-refractivity contribution >= 4 is 51.4 Å². The van der Waals surface area contributed by atoms with Gasteiger partial charge in [0.1, 0.15) is 29.8 Å². The van der Waals surface area contributed by atoms with Crippen LogP contribution in [0.3, 0.4) is 0 Å². The molecule has 176 valence electrons. The molecule has 0 spiro atoms. The van der Waals surface area contributed by atoms with Gasteiger partial charge >= 0.3 is 0 Å². The van der Waals surface area contributed by atoms with Gasteiger partial charge in [0.2, 0.25) is 5.17 Å². The number of carbonyl (C=O) groups is 1. The standard InChI is InChI=1S/C25H25ClN4O3S/c1-3-17(4-2)24-29-30-22(27)19(23(31)28-25(30)34-24)15-16-9-11-18(12-10-16)32-13-14-33-21-8-6-5-7-20(21)26/h5-12,15,17,27H,3-4,13-14H2,1-2H3. The molecule has 0 unspecified atom stereocenters. The van der Waals surface area contributed by atoms with Crippen LogP contribution in [-0.2, 0) is 4.79 Å². The van der Waals surface area contributed by atoms with Crippen LogP contribution in [0.1, 0.15) is 32.3 Å². The van der Waals surface area contributed by atoms with Crippen molar-refractivity contribution in [3.8, 4) is 11.5 Å². The molecule has 1 amide bonds. The lowest BCUT2D eigenvalue weighted by molar-refractivity contribution is -0.114. The normalized spacial score (nSPS) is 16.6. The molecule has 0 aliphatic carbocycles. The molecular weight excluding hydrogens is 472 g/mol. The van der Waals surface area contributed by atoms with Gasteiger partial charge in [-0.2, -0.15) is 15.1 Å². The molecular formula is C25H25ClN4O3S. The molecule has 0 atom stereocenters. The fourth-order valence-electron chi connectivity index (χ4n) is 3.51. The first-order valence-corrected chi connectivity index (χ1v) is 12.3. The predicted molar refractivity (Wildman–Crippen MR) is 138 cm³/mol. The Morgan fingerprint density at radius 1 is 1.09 bits per heavy atom. The van der Waals surface area contributed by atoms with Crippen LogP contribution in [0.4, 0.5) is 0 Å². The van der Waals surface area contributed by atoms with Gasteiger partial charge in [-0.1, -0.05) is 49.7 Å². The van der Waals surface area contributed by atoms with Crippen LogP contribution in [0.2, 0.25) is 5.02 Å². The van der Waals surface area contributed by atoms with Crippen LogP contribution >= 0.6 is 23.4 Å². The van der Waals surface area contributed by atoms with E-state index in [4.69, 9.17) is 26.5 Å². The molecule has 2 aliphatic rings. The molecule has 0 saturated heterocycles. The molecule has 4 rings (SSSR count). The van der Waals surface area contributed by atoms with Gasteiger partial charge in [-0.15, -0.1) is 0 Å². The first-order valence-electron chi connectivity index (χ1n) is 11.1. The first kappa shape index (κ1) is 24.0. The minimum Gasteiger partial charge on any atom is -0.490 e. The summed E-state index contributed by atoms with van der Waals surface area (Å²) in [5.41, 5.74) is 0.975. The van der Waals surface area contributed by atoms with Gasteiger partial charge in [0.25, 0.3) is 5.91 Å². The zero-order valence-electron chi connectivity index (χ0n) is 19.0. The number of rotatable bonds is 9. The van der Waals surface area contributed by atoms with Crippen LogP contribution in [-0.4, -0.2) is 40.2 Å². The Labute approximate surface area is 208 Å². The summed E-state index contributed by atoms with van der Waals surface area (Å²) in [6.07, 6.45) is 3.56. The molecule has 7 nitrogen and oxygen atoms in total. The van der Waals surface area contributed by atoms with Crippen molar-refractivity contribution in [2.24, 2.45) is 16.0 Å². The highest BCUT2D eigenvalue weighted by Crippen LogP contribution is 2.33. The number of aliphatic imine (C=N–C) groups is 1. The van der Waals surface area contributed by atoms with Crippen LogP contribution in [0.25, 0.3) is 6.08 Å². The minimum atomic E-state index is -0.429. The van der Waals surface area contributed by atoms with E-state index in [0.717, 1.165) is 23.4 Å². The summed E-state index contributed by atoms with van der Waals surface area (Å²) in [5, 5.41) is 16.5. The van der Waals surface area contributed by atoms with Gasteiger partial charge in [-0.25, -0.2) is 0 Å². The van der Waals surface area contributed by atoms with Gasteiger partial charge in [0, 0.05) is 5.92 Å². The number of thioether (sulfide) groups is 1. The number of nitrogens with one attached hydrogen (secondary N) is 1. The Morgan fingerprint density at radius 2 is 1.79 bits per heavy atom. The zero-order valence-corrected chi connectivity index (χ0v) is 20.5. The van der Waals surface area contributed by atoms with E-state index >= 15 is 0 Å². The molecule has 0 bridgehead atoms. The summed E-state index contributed by atoms with van der Waals surface area (Å²) in [6, 6.07) is 14.6. The number of benzene rings is 2. The molecule has 2 heterocycles. The largest absolute Gasteiger partial charge is 0.490 e. The van der Waals surface area contributed by atoms with Crippen molar-refractivity contribution in [1.29, 1.82) is 5.41 Å². The number of amides is 1. The summed E-state index contributed by atoms with van der Waals surface area (Å²) in [5.74, 6) is 1.21. The van der Waals surface area contributed by atoms with E-state index in [0.29, 0.717) is 40.8 Å². The summed E-state index contributed by atoms with van der Waals surface area (Å²) < 4.78 is 11.3. The van der Waals surface area contributed by atoms with E-state index in [1.807, 2.05) is 36.4 Å². The van der Waals surface area contributed by atoms with Gasteiger partial charge in [-0.05, 0) is 60.5 Å². The molecule has 2 aliphatic heterocycles. The Balaban J connectivity index is 1.38. The molecule has 0 fully saturated rings. The highest BCUT2D eigenvalue weighted by atomic mass is 35.5. The van der Waals surface area contributed by atoms with Crippen LogP contribution in [0.5, 0.6) is 11.5 Å². The molecule has 2 aromatic carbocycles. The Morgan fingerprint density at radius 3 is 2.50 bits per heavy atom. The number of hydrazone groups is 1. The number of nitrogens with zero attached hydrogens (tertiary/aromatic N) is 3.